The standard InChI is InChI=1S/C29H25NO2/c1-21(25-18-11-19-26(20-25)28(31)24-16-9-4-10-17-24)29(32)30-27(22-12-5-2-6-13-22)23-14-7-3-8-15-23/h2-21,27H,1H3,(H,30,32). The van der Waals surface area contributed by atoms with Gasteiger partial charge in [0.05, 0.1) is 12.0 Å². The third-order valence-electron chi connectivity index (χ3n) is 5.63. The monoisotopic (exact) mass is 419 g/mol. The predicted octanol–water partition coefficient (Wildman–Crippen LogP) is 5.93. The summed E-state index contributed by atoms with van der Waals surface area (Å²) in [6, 6.07) is 36.2. The molecular formula is C29H25NO2. The molecule has 4 aromatic rings. The highest BCUT2D eigenvalue weighted by Gasteiger charge is 2.22. The molecule has 0 fully saturated rings. The molecule has 0 aliphatic rings. The Morgan fingerprint density at radius 3 is 1.62 bits per heavy atom. The SMILES string of the molecule is CC(C(=O)NC(c1ccccc1)c1ccccc1)c1cccc(C(=O)c2ccccc2)c1. The van der Waals surface area contributed by atoms with Crippen molar-refractivity contribution < 1.29 is 9.59 Å². The zero-order valence-electron chi connectivity index (χ0n) is 17.9. The van der Waals surface area contributed by atoms with Crippen LogP contribution in [0.5, 0.6) is 0 Å². The molecule has 4 aromatic carbocycles. The Labute approximate surface area is 188 Å². The van der Waals surface area contributed by atoms with Gasteiger partial charge >= 0.3 is 0 Å². The summed E-state index contributed by atoms with van der Waals surface area (Å²) in [6.07, 6.45) is 0. The number of hydrogen-bond acceptors (Lipinski definition) is 2. The summed E-state index contributed by atoms with van der Waals surface area (Å²) in [5.74, 6) is -0.549. The zero-order valence-corrected chi connectivity index (χ0v) is 17.9. The summed E-state index contributed by atoms with van der Waals surface area (Å²) in [5, 5.41) is 3.20. The Hall–Kier alpha value is -3.98. The molecule has 1 unspecified atom stereocenters. The van der Waals surface area contributed by atoms with E-state index >= 15 is 0 Å². The van der Waals surface area contributed by atoms with Crippen LogP contribution in [0.4, 0.5) is 0 Å². The maximum absolute atomic E-state index is 13.3. The molecule has 0 radical (unpaired) electrons. The Morgan fingerprint density at radius 2 is 1.06 bits per heavy atom. The third-order valence-corrected chi connectivity index (χ3v) is 5.63. The number of carbonyl (C=O) groups is 2. The smallest absolute Gasteiger partial charge is 0.228 e. The molecule has 0 aliphatic carbocycles. The van der Waals surface area contributed by atoms with Gasteiger partial charge in [-0.05, 0) is 29.7 Å². The molecule has 0 aliphatic heterocycles. The molecule has 0 saturated carbocycles. The summed E-state index contributed by atoms with van der Waals surface area (Å²) in [5.41, 5.74) is 4.06. The second kappa shape index (κ2) is 9.88. The molecule has 0 saturated heterocycles. The Morgan fingerprint density at radius 1 is 0.594 bits per heavy atom. The highest BCUT2D eigenvalue weighted by Crippen LogP contribution is 2.25. The van der Waals surface area contributed by atoms with Gasteiger partial charge in [-0.2, -0.15) is 0 Å². The normalized spacial score (nSPS) is 11.7. The summed E-state index contributed by atoms with van der Waals surface area (Å²) < 4.78 is 0. The van der Waals surface area contributed by atoms with Gasteiger partial charge in [-0.1, -0.05) is 109 Å². The molecule has 0 spiro atoms. The topological polar surface area (TPSA) is 46.2 Å². The summed E-state index contributed by atoms with van der Waals surface area (Å²) >= 11 is 0. The zero-order chi connectivity index (χ0) is 22.3. The number of carbonyl (C=O) groups excluding carboxylic acids is 2. The van der Waals surface area contributed by atoms with Crippen LogP contribution in [0.25, 0.3) is 0 Å². The van der Waals surface area contributed by atoms with Gasteiger partial charge in [0, 0.05) is 11.1 Å². The molecule has 158 valence electrons. The number of hydrogen-bond donors (Lipinski definition) is 1. The first-order valence-corrected chi connectivity index (χ1v) is 10.7. The number of nitrogens with one attached hydrogen (secondary N) is 1. The van der Waals surface area contributed by atoms with Gasteiger partial charge in [0.2, 0.25) is 5.91 Å². The molecule has 0 aromatic heterocycles. The van der Waals surface area contributed by atoms with E-state index in [4.69, 9.17) is 0 Å². The van der Waals surface area contributed by atoms with E-state index in [1.807, 2.05) is 104 Å². The maximum Gasteiger partial charge on any atom is 0.228 e. The van der Waals surface area contributed by atoms with E-state index in [0.29, 0.717) is 11.1 Å². The fourth-order valence-corrected chi connectivity index (χ4v) is 3.77. The molecule has 1 amide bonds. The van der Waals surface area contributed by atoms with Gasteiger partial charge in [-0.25, -0.2) is 0 Å². The second-order valence-corrected chi connectivity index (χ2v) is 7.81. The van der Waals surface area contributed by atoms with Gasteiger partial charge in [0.1, 0.15) is 0 Å². The van der Waals surface area contributed by atoms with E-state index < -0.39 is 5.92 Å². The first-order chi connectivity index (χ1) is 15.6. The van der Waals surface area contributed by atoms with Crippen LogP contribution in [-0.4, -0.2) is 11.7 Å². The van der Waals surface area contributed by atoms with Crippen LogP contribution in [-0.2, 0) is 4.79 Å². The minimum Gasteiger partial charge on any atom is -0.345 e. The van der Waals surface area contributed by atoms with Crippen molar-refractivity contribution in [3.8, 4) is 0 Å². The summed E-state index contributed by atoms with van der Waals surface area (Å²) in [4.78, 5) is 26.1. The Bertz CT molecular complexity index is 1150. The van der Waals surface area contributed by atoms with E-state index in [2.05, 4.69) is 5.32 Å². The molecular weight excluding hydrogens is 394 g/mol. The van der Waals surface area contributed by atoms with E-state index in [-0.39, 0.29) is 17.7 Å². The van der Waals surface area contributed by atoms with Crippen molar-refractivity contribution in [1.29, 1.82) is 0 Å². The van der Waals surface area contributed by atoms with Crippen molar-refractivity contribution in [2.45, 2.75) is 18.9 Å². The fourth-order valence-electron chi connectivity index (χ4n) is 3.77. The number of rotatable bonds is 7. The lowest BCUT2D eigenvalue weighted by Gasteiger charge is -2.22. The predicted molar refractivity (Wildman–Crippen MR) is 128 cm³/mol. The van der Waals surface area contributed by atoms with Crippen LogP contribution in [0.15, 0.2) is 115 Å². The molecule has 0 heterocycles. The minimum absolute atomic E-state index is 0.0495. The quantitative estimate of drug-likeness (QED) is 0.378. The van der Waals surface area contributed by atoms with Crippen molar-refractivity contribution >= 4 is 11.7 Å². The number of ketones is 1. The maximum atomic E-state index is 13.3. The van der Waals surface area contributed by atoms with Gasteiger partial charge < -0.3 is 5.32 Å². The average Bonchev–Trinajstić information content (AvgIpc) is 2.88. The van der Waals surface area contributed by atoms with Crippen LogP contribution >= 0.6 is 0 Å². The van der Waals surface area contributed by atoms with Crippen LogP contribution in [0.3, 0.4) is 0 Å². The van der Waals surface area contributed by atoms with Gasteiger partial charge in [0.25, 0.3) is 0 Å². The van der Waals surface area contributed by atoms with Crippen molar-refractivity contribution in [3.63, 3.8) is 0 Å². The Kier molecular flexibility index (Phi) is 6.57. The number of benzene rings is 4. The molecule has 1 atom stereocenters. The van der Waals surface area contributed by atoms with Gasteiger partial charge in [0.15, 0.2) is 5.78 Å². The lowest BCUT2D eigenvalue weighted by molar-refractivity contribution is -0.122. The van der Waals surface area contributed by atoms with Crippen LogP contribution in [0.1, 0.15) is 51.5 Å². The van der Waals surface area contributed by atoms with Crippen molar-refractivity contribution in [1.82, 2.24) is 5.32 Å². The summed E-state index contributed by atoms with van der Waals surface area (Å²) in [7, 11) is 0. The molecule has 32 heavy (non-hydrogen) atoms. The molecule has 3 nitrogen and oxygen atoms in total. The molecule has 0 bridgehead atoms. The lowest BCUT2D eigenvalue weighted by Crippen LogP contribution is -2.32. The average molecular weight is 420 g/mol. The second-order valence-electron chi connectivity index (χ2n) is 7.81. The van der Waals surface area contributed by atoms with Gasteiger partial charge in [-0.3, -0.25) is 9.59 Å². The van der Waals surface area contributed by atoms with Crippen LogP contribution < -0.4 is 5.32 Å². The van der Waals surface area contributed by atoms with Crippen LogP contribution in [0.2, 0.25) is 0 Å². The fraction of sp³-hybridized carbons (Fsp3) is 0.103. The first kappa shape index (κ1) is 21.3. The lowest BCUT2D eigenvalue weighted by atomic mass is 9.93. The van der Waals surface area contributed by atoms with Gasteiger partial charge in [-0.15, -0.1) is 0 Å². The minimum atomic E-state index is -0.409. The molecule has 4 rings (SSSR count). The van der Waals surface area contributed by atoms with E-state index in [1.54, 1.807) is 18.2 Å². The van der Waals surface area contributed by atoms with E-state index in [9.17, 15) is 9.59 Å². The molecule has 3 heteroatoms. The van der Waals surface area contributed by atoms with Crippen LogP contribution in [0, 0.1) is 0 Å². The van der Waals surface area contributed by atoms with E-state index in [1.165, 1.54) is 0 Å². The van der Waals surface area contributed by atoms with Crippen molar-refractivity contribution in [2.75, 3.05) is 0 Å². The van der Waals surface area contributed by atoms with Crippen molar-refractivity contribution in [2.24, 2.45) is 0 Å². The largest absolute Gasteiger partial charge is 0.345 e. The highest BCUT2D eigenvalue weighted by molar-refractivity contribution is 6.09. The third kappa shape index (κ3) is 4.84. The van der Waals surface area contributed by atoms with Crippen molar-refractivity contribution in [3.05, 3.63) is 143 Å². The number of amides is 1. The Balaban J connectivity index is 1.57. The van der Waals surface area contributed by atoms with E-state index in [0.717, 1.165) is 16.7 Å². The summed E-state index contributed by atoms with van der Waals surface area (Å²) in [6.45, 7) is 1.87. The highest BCUT2D eigenvalue weighted by atomic mass is 16.2. The first-order valence-electron chi connectivity index (χ1n) is 10.7. The molecule has 1 N–H and O–H groups in total.